The minimum Gasteiger partial charge on any atom is -0.493 e. The van der Waals surface area contributed by atoms with E-state index in [9.17, 15) is 4.79 Å². The highest BCUT2D eigenvalue weighted by Gasteiger charge is 2.33. The summed E-state index contributed by atoms with van der Waals surface area (Å²) < 4.78 is 10.9. The van der Waals surface area contributed by atoms with Gasteiger partial charge in [0.25, 0.3) is 0 Å². The zero-order valence-electron chi connectivity index (χ0n) is 14.3. The number of nitrogens with zero attached hydrogens (tertiary/aromatic N) is 1. The highest BCUT2D eigenvalue weighted by molar-refractivity contribution is 7.99. The van der Waals surface area contributed by atoms with Crippen molar-refractivity contribution < 1.29 is 14.3 Å². The molecule has 0 aromatic heterocycles. The van der Waals surface area contributed by atoms with Crippen LogP contribution in [0.25, 0.3) is 0 Å². The minimum absolute atomic E-state index is 0.175. The molecule has 3 rings (SSSR count). The molecule has 0 unspecified atom stereocenters. The number of benzene rings is 2. The number of amides is 2. The van der Waals surface area contributed by atoms with Gasteiger partial charge >= 0.3 is 6.03 Å². The smallest absolute Gasteiger partial charge is 0.323 e. The number of hydrogen-bond acceptors (Lipinski definition) is 4. The van der Waals surface area contributed by atoms with Crippen molar-refractivity contribution >= 4 is 46.7 Å². The largest absolute Gasteiger partial charge is 0.493 e. The Labute approximate surface area is 166 Å². The monoisotopic (exact) mass is 412 g/mol. The molecule has 1 atom stereocenters. The standard InChI is InChI=1S/C18H18Cl2N2O3S/c1-24-15-5-3-4-12(16(15)25-2)17-22(8-9-26-17)18(23)21-14-7-6-11(19)10-13(14)20/h3-7,10,17H,8-9H2,1-2H3,(H,21,23)/t17-/m1/s1. The van der Waals surface area contributed by atoms with Crippen LogP contribution in [0, 0.1) is 0 Å². The summed E-state index contributed by atoms with van der Waals surface area (Å²) in [5.41, 5.74) is 1.42. The number of methoxy groups -OCH3 is 2. The molecule has 0 aliphatic carbocycles. The third-order valence-electron chi connectivity index (χ3n) is 4.02. The van der Waals surface area contributed by atoms with Crippen LogP contribution >= 0.6 is 35.0 Å². The molecule has 2 amide bonds. The van der Waals surface area contributed by atoms with E-state index >= 15 is 0 Å². The summed E-state index contributed by atoms with van der Waals surface area (Å²) in [5, 5.41) is 3.60. The third kappa shape index (κ3) is 3.82. The van der Waals surface area contributed by atoms with Crippen molar-refractivity contribution in [2.75, 3.05) is 31.8 Å². The molecule has 138 valence electrons. The van der Waals surface area contributed by atoms with Crippen LogP contribution in [-0.4, -0.2) is 37.4 Å². The summed E-state index contributed by atoms with van der Waals surface area (Å²) >= 11 is 13.7. The first-order valence-corrected chi connectivity index (χ1v) is 9.70. The quantitative estimate of drug-likeness (QED) is 0.740. The summed E-state index contributed by atoms with van der Waals surface area (Å²) in [6, 6.07) is 10.4. The average Bonchev–Trinajstić information content (AvgIpc) is 3.12. The lowest BCUT2D eigenvalue weighted by Crippen LogP contribution is -2.34. The van der Waals surface area contributed by atoms with Crippen molar-refractivity contribution in [3.8, 4) is 11.5 Å². The first kappa shape index (κ1) is 19.0. The summed E-state index contributed by atoms with van der Waals surface area (Å²) in [6.07, 6.45) is 0. The molecule has 0 bridgehead atoms. The molecule has 0 saturated carbocycles. The normalized spacial score (nSPS) is 16.5. The zero-order chi connectivity index (χ0) is 18.7. The van der Waals surface area contributed by atoms with Crippen LogP contribution in [0.2, 0.25) is 10.0 Å². The fourth-order valence-corrected chi connectivity index (χ4v) is 4.55. The van der Waals surface area contributed by atoms with Crippen LogP contribution in [-0.2, 0) is 0 Å². The molecule has 5 nitrogen and oxygen atoms in total. The summed E-state index contributed by atoms with van der Waals surface area (Å²) in [5.74, 6) is 2.10. The maximum absolute atomic E-state index is 12.8. The van der Waals surface area contributed by atoms with Gasteiger partial charge in [-0.1, -0.05) is 35.3 Å². The van der Waals surface area contributed by atoms with E-state index in [1.807, 2.05) is 18.2 Å². The Bertz CT molecular complexity index is 819. The van der Waals surface area contributed by atoms with E-state index in [-0.39, 0.29) is 11.4 Å². The van der Waals surface area contributed by atoms with E-state index in [2.05, 4.69) is 5.32 Å². The number of anilines is 1. The van der Waals surface area contributed by atoms with E-state index < -0.39 is 0 Å². The summed E-state index contributed by atoms with van der Waals surface area (Å²) in [4.78, 5) is 14.6. The number of halogens is 2. The van der Waals surface area contributed by atoms with Crippen LogP contribution in [0.1, 0.15) is 10.9 Å². The van der Waals surface area contributed by atoms with Crippen molar-refractivity contribution in [3.63, 3.8) is 0 Å². The van der Waals surface area contributed by atoms with Gasteiger partial charge in [0, 0.05) is 22.9 Å². The number of ether oxygens (including phenoxy) is 2. The average molecular weight is 413 g/mol. The number of hydrogen-bond donors (Lipinski definition) is 1. The van der Waals surface area contributed by atoms with Crippen molar-refractivity contribution in [1.29, 1.82) is 0 Å². The Morgan fingerprint density at radius 3 is 2.73 bits per heavy atom. The molecule has 2 aromatic rings. The molecule has 1 aliphatic rings. The highest BCUT2D eigenvalue weighted by atomic mass is 35.5. The Morgan fingerprint density at radius 1 is 1.23 bits per heavy atom. The Kier molecular flexibility index (Phi) is 6.06. The van der Waals surface area contributed by atoms with Crippen molar-refractivity contribution in [1.82, 2.24) is 4.90 Å². The van der Waals surface area contributed by atoms with E-state index in [1.165, 1.54) is 0 Å². The molecular formula is C18H18Cl2N2O3S. The molecule has 1 aliphatic heterocycles. The van der Waals surface area contributed by atoms with Crippen LogP contribution in [0.4, 0.5) is 10.5 Å². The van der Waals surface area contributed by atoms with E-state index in [4.69, 9.17) is 32.7 Å². The molecule has 1 N–H and O–H groups in total. The molecule has 26 heavy (non-hydrogen) atoms. The number of urea groups is 1. The van der Waals surface area contributed by atoms with Crippen LogP contribution in [0.5, 0.6) is 11.5 Å². The fourth-order valence-electron chi connectivity index (χ4n) is 2.82. The number of carbonyl (C=O) groups excluding carboxylic acids is 1. The van der Waals surface area contributed by atoms with Crippen molar-refractivity contribution in [2.45, 2.75) is 5.37 Å². The lowest BCUT2D eigenvalue weighted by atomic mass is 10.1. The lowest BCUT2D eigenvalue weighted by molar-refractivity contribution is 0.213. The van der Waals surface area contributed by atoms with Gasteiger partial charge in [-0.15, -0.1) is 11.8 Å². The van der Waals surface area contributed by atoms with Gasteiger partial charge in [-0.2, -0.15) is 0 Å². The number of carbonyl (C=O) groups is 1. The first-order chi connectivity index (χ1) is 12.5. The molecule has 1 saturated heterocycles. The van der Waals surface area contributed by atoms with Gasteiger partial charge in [-0.25, -0.2) is 4.79 Å². The van der Waals surface area contributed by atoms with Gasteiger partial charge in [0.15, 0.2) is 11.5 Å². The molecule has 8 heteroatoms. The summed E-state index contributed by atoms with van der Waals surface area (Å²) in [6.45, 7) is 0.618. The van der Waals surface area contributed by atoms with E-state index in [0.29, 0.717) is 33.8 Å². The SMILES string of the molecule is COc1cccc([C@H]2SCCN2C(=O)Nc2ccc(Cl)cc2Cl)c1OC. The molecular weight excluding hydrogens is 395 g/mol. The molecule has 1 heterocycles. The van der Waals surface area contributed by atoms with Gasteiger partial charge in [0.1, 0.15) is 5.37 Å². The van der Waals surface area contributed by atoms with Gasteiger partial charge in [-0.3, -0.25) is 0 Å². The molecule has 1 fully saturated rings. The number of thioether (sulfide) groups is 1. The van der Waals surface area contributed by atoms with Gasteiger partial charge < -0.3 is 19.7 Å². The van der Waals surface area contributed by atoms with Crippen LogP contribution < -0.4 is 14.8 Å². The maximum Gasteiger partial charge on any atom is 0.323 e. The zero-order valence-corrected chi connectivity index (χ0v) is 16.6. The Morgan fingerprint density at radius 2 is 2.04 bits per heavy atom. The predicted octanol–water partition coefficient (Wildman–Crippen LogP) is 5.29. The van der Waals surface area contributed by atoms with Crippen molar-refractivity contribution in [2.24, 2.45) is 0 Å². The number of nitrogens with one attached hydrogen (secondary N) is 1. The van der Waals surface area contributed by atoms with Crippen LogP contribution in [0.15, 0.2) is 36.4 Å². The maximum atomic E-state index is 12.8. The third-order valence-corrected chi connectivity index (χ3v) is 5.81. The van der Waals surface area contributed by atoms with Crippen molar-refractivity contribution in [3.05, 3.63) is 52.0 Å². The Balaban J connectivity index is 1.85. The second kappa shape index (κ2) is 8.29. The van der Waals surface area contributed by atoms with Gasteiger partial charge in [0.2, 0.25) is 0 Å². The highest BCUT2D eigenvalue weighted by Crippen LogP contribution is 2.45. The molecule has 0 radical (unpaired) electrons. The lowest BCUT2D eigenvalue weighted by Gasteiger charge is -2.26. The topological polar surface area (TPSA) is 50.8 Å². The second-order valence-corrected chi connectivity index (χ2v) is 7.59. The number of para-hydroxylation sites is 1. The molecule has 0 spiro atoms. The van der Waals surface area contributed by atoms with Crippen LogP contribution in [0.3, 0.4) is 0 Å². The minimum atomic E-state index is -0.228. The predicted molar refractivity (Wildman–Crippen MR) is 107 cm³/mol. The summed E-state index contributed by atoms with van der Waals surface area (Å²) in [7, 11) is 3.19. The fraction of sp³-hybridized carbons (Fsp3) is 0.278. The van der Waals surface area contributed by atoms with Gasteiger partial charge in [0.05, 0.1) is 24.9 Å². The molecule has 2 aromatic carbocycles. The van der Waals surface area contributed by atoms with E-state index in [0.717, 1.165) is 11.3 Å². The Hall–Kier alpha value is -1.76. The van der Waals surface area contributed by atoms with Gasteiger partial charge in [-0.05, 0) is 24.3 Å². The second-order valence-electron chi connectivity index (χ2n) is 5.55. The van der Waals surface area contributed by atoms with E-state index in [1.54, 1.807) is 49.1 Å². The number of rotatable bonds is 4. The first-order valence-electron chi connectivity index (χ1n) is 7.90.